The molecule has 104 valence electrons. The molecule has 0 saturated carbocycles. The van der Waals surface area contributed by atoms with E-state index in [0.717, 1.165) is 34.7 Å². The van der Waals surface area contributed by atoms with Crippen LogP contribution in [0.1, 0.15) is 29.4 Å². The van der Waals surface area contributed by atoms with Crippen LogP contribution in [0, 0.1) is 0 Å². The SMILES string of the molecule is CCCc1c(C(=O)OC)nc2c(N)cc3c[nH][nH]c3c12. The van der Waals surface area contributed by atoms with E-state index in [0.29, 0.717) is 16.9 Å². The number of aryl methyl sites for hydroxylation is 1. The molecule has 2 aromatic heterocycles. The maximum absolute atomic E-state index is 11.9. The Labute approximate surface area is 115 Å². The second-order valence-corrected chi connectivity index (χ2v) is 4.75. The minimum absolute atomic E-state index is 0.359. The van der Waals surface area contributed by atoms with Crippen molar-refractivity contribution in [3.8, 4) is 0 Å². The van der Waals surface area contributed by atoms with E-state index in [1.54, 1.807) is 0 Å². The maximum atomic E-state index is 11.9. The number of hydrogen-bond acceptors (Lipinski definition) is 4. The van der Waals surface area contributed by atoms with E-state index in [9.17, 15) is 4.79 Å². The molecule has 0 aliphatic rings. The maximum Gasteiger partial charge on any atom is 0.356 e. The van der Waals surface area contributed by atoms with Gasteiger partial charge in [-0.15, -0.1) is 0 Å². The molecule has 0 spiro atoms. The Kier molecular flexibility index (Phi) is 2.85. The van der Waals surface area contributed by atoms with Crippen LogP contribution in [0.2, 0.25) is 0 Å². The number of carbonyl (C=O) groups is 1. The first-order valence-electron chi connectivity index (χ1n) is 6.52. The van der Waals surface area contributed by atoms with Crippen LogP contribution in [0.4, 0.5) is 5.69 Å². The van der Waals surface area contributed by atoms with Gasteiger partial charge in [0, 0.05) is 17.0 Å². The van der Waals surface area contributed by atoms with Crippen LogP contribution in [-0.2, 0) is 11.2 Å². The van der Waals surface area contributed by atoms with Gasteiger partial charge in [-0.3, -0.25) is 0 Å². The Hall–Kier alpha value is -2.50. The fourth-order valence-corrected chi connectivity index (χ4v) is 2.62. The van der Waals surface area contributed by atoms with Gasteiger partial charge in [0.15, 0.2) is 5.69 Å². The summed E-state index contributed by atoms with van der Waals surface area (Å²) in [5.41, 5.74) is 9.44. The Morgan fingerprint density at radius 2 is 2.30 bits per heavy atom. The zero-order valence-corrected chi connectivity index (χ0v) is 11.4. The standard InChI is InChI=1S/C14H16N4O2/c1-3-4-8-10-11-7(6-16-18-11)5-9(15)13(10)17-12(8)14(19)20-2/h5-6,16,18H,3-4,15H2,1-2H3. The molecular weight excluding hydrogens is 256 g/mol. The average molecular weight is 272 g/mol. The van der Waals surface area contributed by atoms with Crippen LogP contribution < -0.4 is 5.73 Å². The van der Waals surface area contributed by atoms with Crippen LogP contribution in [0.5, 0.6) is 0 Å². The number of nitrogen functional groups attached to an aromatic ring is 1. The minimum Gasteiger partial charge on any atom is -0.464 e. The highest BCUT2D eigenvalue weighted by molar-refractivity contribution is 6.14. The lowest BCUT2D eigenvalue weighted by Crippen LogP contribution is -2.05. The highest BCUT2D eigenvalue weighted by Crippen LogP contribution is 2.34. The Balaban J connectivity index is 2.44. The molecule has 0 radical (unpaired) electrons. The summed E-state index contributed by atoms with van der Waals surface area (Å²) in [7, 11) is 1.36. The van der Waals surface area contributed by atoms with Crippen molar-refractivity contribution in [1.29, 1.82) is 0 Å². The summed E-state index contributed by atoms with van der Waals surface area (Å²) in [6.45, 7) is 2.06. The van der Waals surface area contributed by atoms with Gasteiger partial charge in [-0.25, -0.2) is 9.78 Å². The van der Waals surface area contributed by atoms with Crippen molar-refractivity contribution in [3.05, 3.63) is 23.5 Å². The number of hydrogen-bond donors (Lipinski definition) is 3. The van der Waals surface area contributed by atoms with Crippen molar-refractivity contribution in [2.24, 2.45) is 0 Å². The predicted molar refractivity (Wildman–Crippen MR) is 77.7 cm³/mol. The molecular formula is C14H16N4O2. The Morgan fingerprint density at radius 1 is 1.50 bits per heavy atom. The Bertz CT molecular complexity index is 800. The second-order valence-electron chi connectivity index (χ2n) is 4.75. The number of ether oxygens (including phenoxy) is 1. The number of anilines is 1. The van der Waals surface area contributed by atoms with Crippen LogP contribution in [0.25, 0.3) is 21.8 Å². The largest absolute Gasteiger partial charge is 0.464 e. The molecule has 0 fully saturated rings. The third-order valence-corrected chi connectivity index (χ3v) is 3.47. The van der Waals surface area contributed by atoms with Gasteiger partial charge < -0.3 is 20.7 Å². The Morgan fingerprint density at radius 3 is 3.00 bits per heavy atom. The van der Waals surface area contributed by atoms with Crippen molar-refractivity contribution in [3.63, 3.8) is 0 Å². The van der Waals surface area contributed by atoms with Gasteiger partial charge in [0.1, 0.15) is 0 Å². The summed E-state index contributed by atoms with van der Waals surface area (Å²) in [6, 6.07) is 1.84. The molecule has 1 aromatic carbocycles. The lowest BCUT2D eigenvalue weighted by atomic mass is 10.0. The predicted octanol–water partition coefficient (Wildman–Crippen LogP) is 2.37. The number of esters is 1. The third-order valence-electron chi connectivity index (χ3n) is 3.47. The fraction of sp³-hybridized carbons (Fsp3) is 0.286. The van der Waals surface area contributed by atoms with Gasteiger partial charge in [0.05, 0.1) is 23.8 Å². The molecule has 4 N–H and O–H groups in total. The molecule has 0 atom stereocenters. The quantitative estimate of drug-likeness (QED) is 0.503. The molecule has 0 saturated heterocycles. The van der Waals surface area contributed by atoms with Crippen molar-refractivity contribution in [2.75, 3.05) is 12.8 Å². The van der Waals surface area contributed by atoms with E-state index in [2.05, 4.69) is 22.1 Å². The summed E-state index contributed by atoms with van der Waals surface area (Å²) in [4.78, 5) is 16.3. The molecule has 0 unspecified atom stereocenters. The topological polar surface area (TPSA) is 96.8 Å². The highest BCUT2D eigenvalue weighted by atomic mass is 16.5. The van der Waals surface area contributed by atoms with Gasteiger partial charge in [-0.1, -0.05) is 13.3 Å². The molecule has 0 aliphatic heterocycles. The van der Waals surface area contributed by atoms with Gasteiger partial charge in [0.2, 0.25) is 0 Å². The molecule has 20 heavy (non-hydrogen) atoms. The number of nitrogens with zero attached hydrogens (tertiary/aromatic N) is 1. The summed E-state index contributed by atoms with van der Waals surface area (Å²) in [5, 5.41) is 7.92. The first-order valence-corrected chi connectivity index (χ1v) is 6.52. The molecule has 0 aliphatic carbocycles. The van der Waals surface area contributed by atoms with E-state index < -0.39 is 5.97 Å². The zero-order valence-electron chi connectivity index (χ0n) is 11.4. The summed E-state index contributed by atoms with van der Waals surface area (Å²) >= 11 is 0. The number of nitrogens with two attached hydrogens (primary N) is 1. The van der Waals surface area contributed by atoms with E-state index in [4.69, 9.17) is 10.5 Å². The van der Waals surface area contributed by atoms with Crippen molar-refractivity contribution in [2.45, 2.75) is 19.8 Å². The number of methoxy groups -OCH3 is 1. The van der Waals surface area contributed by atoms with Gasteiger partial charge in [-0.05, 0) is 18.1 Å². The fourth-order valence-electron chi connectivity index (χ4n) is 2.62. The molecule has 0 bridgehead atoms. The molecule has 6 heteroatoms. The number of rotatable bonds is 3. The molecule has 6 nitrogen and oxygen atoms in total. The number of H-pyrrole nitrogens is 2. The molecule has 2 heterocycles. The summed E-state index contributed by atoms with van der Waals surface area (Å²) < 4.78 is 4.83. The number of aromatic nitrogens is 3. The first kappa shape index (κ1) is 12.5. The van der Waals surface area contributed by atoms with Crippen LogP contribution in [-0.4, -0.2) is 28.3 Å². The number of fused-ring (bicyclic) bond motifs is 3. The van der Waals surface area contributed by atoms with Crippen LogP contribution >= 0.6 is 0 Å². The van der Waals surface area contributed by atoms with Gasteiger partial charge >= 0.3 is 5.97 Å². The molecule has 3 rings (SSSR count). The minimum atomic E-state index is -0.423. The third kappa shape index (κ3) is 1.65. The van der Waals surface area contributed by atoms with Crippen molar-refractivity contribution < 1.29 is 9.53 Å². The van der Waals surface area contributed by atoms with E-state index in [1.165, 1.54) is 7.11 Å². The van der Waals surface area contributed by atoms with Gasteiger partial charge in [0.25, 0.3) is 0 Å². The van der Waals surface area contributed by atoms with Crippen molar-refractivity contribution in [1.82, 2.24) is 15.2 Å². The number of benzene rings is 1. The average Bonchev–Trinajstić information content (AvgIpc) is 3.03. The van der Waals surface area contributed by atoms with Crippen LogP contribution in [0.3, 0.4) is 0 Å². The highest BCUT2D eigenvalue weighted by Gasteiger charge is 2.22. The molecule has 0 amide bonds. The normalized spacial score (nSPS) is 11.3. The number of carbonyl (C=O) groups excluding carboxylic acids is 1. The van der Waals surface area contributed by atoms with Crippen molar-refractivity contribution >= 4 is 33.5 Å². The van der Waals surface area contributed by atoms with Crippen LogP contribution in [0.15, 0.2) is 12.3 Å². The lowest BCUT2D eigenvalue weighted by molar-refractivity contribution is 0.0594. The number of aromatic amines is 2. The van der Waals surface area contributed by atoms with E-state index in [-0.39, 0.29) is 0 Å². The smallest absolute Gasteiger partial charge is 0.356 e. The zero-order chi connectivity index (χ0) is 14.3. The second kappa shape index (κ2) is 4.56. The summed E-state index contributed by atoms with van der Waals surface area (Å²) in [5.74, 6) is -0.423. The first-order chi connectivity index (χ1) is 9.67. The van der Waals surface area contributed by atoms with E-state index >= 15 is 0 Å². The summed E-state index contributed by atoms with van der Waals surface area (Å²) in [6.07, 6.45) is 3.50. The molecule has 3 aromatic rings. The monoisotopic (exact) mass is 272 g/mol. The van der Waals surface area contributed by atoms with Gasteiger partial charge in [-0.2, -0.15) is 0 Å². The van der Waals surface area contributed by atoms with E-state index in [1.807, 2.05) is 12.3 Å². The number of nitrogens with one attached hydrogen (secondary N) is 2. The lowest BCUT2D eigenvalue weighted by Gasteiger charge is -2.02.